The molecule has 1 aromatic heterocycles. The zero-order chi connectivity index (χ0) is 24.1. The van der Waals surface area contributed by atoms with Crippen LogP contribution in [0.1, 0.15) is 16.9 Å². The zero-order valence-corrected chi connectivity index (χ0v) is 18.6. The Bertz CT molecular complexity index is 1240. The number of likely N-dealkylation sites (tertiary alicyclic amines) is 1. The van der Waals surface area contributed by atoms with E-state index in [0.717, 1.165) is 0 Å². The van der Waals surface area contributed by atoms with Gasteiger partial charge in [0.15, 0.2) is 5.69 Å². The SMILES string of the molecule is N#CC1CC(C(=O)Nc2ccccc2)CN1C(=O)CNC(=O)c1cn(-c2ccc(Cl)cc2)nn1. The fraction of sp³-hybridized carbons (Fsp3) is 0.217. The number of anilines is 1. The highest BCUT2D eigenvalue weighted by Gasteiger charge is 2.38. The van der Waals surface area contributed by atoms with E-state index in [2.05, 4.69) is 27.0 Å². The van der Waals surface area contributed by atoms with Gasteiger partial charge in [0, 0.05) is 17.3 Å². The molecule has 3 aromatic rings. The molecule has 0 aliphatic carbocycles. The van der Waals surface area contributed by atoms with Crippen molar-refractivity contribution < 1.29 is 14.4 Å². The summed E-state index contributed by atoms with van der Waals surface area (Å²) in [5.74, 6) is -1.83. The van der Waals surface area contributed by atoms with Crippen LogP contribution in [0.25, 0.3) is 5.69 Å². The van der Waals surface area contributed by atoms with Crippen LogP contribution < -0.4 is 10.6 Å². The molecular formula is C23H20ClN7O3. The van der Waals surface area contributed by atoms with Gasteiger partial charge in [-0.05, 0) is 42.8 Å². The van der Waals surface area contributed by atoms with Gasteiger partial charge in [-0.25, -0.2) is 4.68 Å². The van der Waals surface area contributed by atoms with Crippen molar-refractivity contribution in [3.63, 3.8) is 0 Å². The lowest BCUT2D eigenvalue weighted by molar-refractivity contribution is -0.130. The number of rotatable bonds is 6. The third kappa shape index (κ3) is 5.22. The van der Waals surface area contributed by atoms with Gasteiger partial charge in [0.1, 0.15) is 6.04 Å². The molecule has 172 valence electrons. The van der Waals surface area contributed by atoms with E-state index in [1.807, 2.05) is 6.07 Å². The molecule has 1 aliphatic heterocycles. The van der Waals surface area contributed by atoms with Crippen molar-refractivity contribution in [2.75, 3.05) is 18.4 Å². The number of para-hydroxylation sites is 1. The number of amides is 3. The number of carbonyl (C=O) groups is 3. The average Bonchev–Trinajstić information content (AvgIpc) is 3.51. The van der Waals surface area contributed by atoms with Gasteiger partial charge in [-0.15, -0.1) is 5.10 Å². The predicted molar refractivity (Wildman–Crippen MR) is 123 cm³/mol. The van der Waals surface area contributed by atoms with Crippen LogP contribution in [-0.2, 0) is 9.59 Å². The molecule has 2 heterocycles. The molecule has 1 aliphatic rings. The molecule has 2 atom stereocenters. The van der Waals surface area contributed by atoms with E-state index >= 15 is 0 Å². The molecule has 1 saturated heterocycles. The fourth-order valence-electron chi connectivity index (χ4n) is 3.63. The number of aromatic nitrogens is 3. The van der Waals surface area contributed by atoms with Crippen LogP contribution in [0.3, 0.4) is 0 Å². The van der Waals surface area contributed by atoms with Crippen LogP contribution in [0.5, 0.6) is 0 Å². The summed E-state index contributed by atoms with van der Waals surface area (Å²) >= 11 is 5.88. The molecular weight excluding hydrogens is 458 g/mol. The summed E-state index contributed by atoms with van der Waals surface area (Å²) in [6.45, 7) is -0.240. The first-order chi connectivity index (χ1) is 16.4. The molecule has 2 N–H and O–H groups in total. The van der Waals surface area contributed by atoms with Crippen LogP contribution in [-0.4, -0.2) is 56.7 Å². The van der Waals surface area contributed by atoms with Gasteiger partial charge in [0.2, 0.25) is 11.8 Å². The lowest BCUT2D eigenvalue weighted by Gasteiger charge is -2.19. The summed E-state index contributed by atoms with van der Waals surface area (Å²) in [7, 11) is 0. The van der Waals surface area contributed by atoms with E-state index in [0.29, 0.717) is 16.4 Å². The molecule has 1 fully saturated rings. The number of carbonyl (C=O) groups excluding carboxylic acids is 3. The first kappa shape index (κ1) is 22.9. The van der Waals surface area contributed by atoms with Gasteiger partial charge in [-0.2, -0.15) is 5.26 Å². The largest absolute Gasteiger partial charge is 0.342 e. The summed E-state index contributed by atoms with van der Waals surface area (Å²) in [6.07, 6.45) is 1.66. The highest BCUT2D eigenvalue weighted by molar-refractivity contribution is 6.30. The van der Waals surface area contributed by atoms with Crippen LogP contribution in [0.2, 0.25) is 5.02 Å². The molecule has 11 heteroatoms. The Kier molecular flexibility index (Phi) is 6.85. The van der Waals surface area contributed by atoms with Crippen molar-refractivity contribution in [3.8, 4) is 11.8 Å². The van der Waals surface area contributed by atoms with Gasteiger partial charge in [0.05, 0.1) is 30.4 Å². The van der Waals surface area contributed by atoms with Gasteiger partial charge in [-0.3, -0.25) is 14.4 Å². The summed E-state index contributed by atoms with van der Waals surface area (Å²) in [6, 6.07) is 17.1. The molecule has 2 aromatic carbocycles. The highest BCUT2D eigenvalue weighted by atomic mass is 35.5. The van der Waals surface area contributed by atoms with Gasteiger partial charge in [-0.1, -0.05) is 35.0 Å². The predicted octanol–water partition coefficient (Wildman–Crippen LogP) is 2.03. The van der Waals surface area contributed by atoms with E-state index in [1.165, 1.54) is 15.8 Å². The van der Waals surface area contributed by atoms with Crippen molar-refractivity contribution in [2.24, 2.45) is 5.92 Å². The molecule has 0 saturated carbocycles. The molecule has 2 unspecified atom stereocenters. The Hall–Kier alpha value is -4.23. The van der Waals surface area contributed by atoms with E-state index in [1.54, 1.807) is 48.5 Å². The second kappa shape index (κ2) is 10.1. The van der Waals surface area contributed by atoms with Gasteiger partial charge < -0.3 is 15.5 Å². The third-order valence-corrected chi connectivity index (χ3v) is 5.65. The number of halogens is 1. The number of hydrogen-bond donors (Lipinski definition) is 2. The Morgan fingerprint density at radius 1 is 1.12 bits per heavy atom. The molecule has 0 spiro atoms. The van der Waals surface area contributed by atoms with Crippen LogP contribution in [0.4, 0.5) is 5.69 Å². The average molecular weight is 478 g/mol. The topological polar surface area (TPSA) is 133 Å². The van der Waals surface area contributed by atoms with Crippen molar-refractivity contribution in [1.82, 2.24) is 25.2 Å². The summed E-state index contributed by atoms with van der Waals surface area (Å²) in [5.41, 5.74) is 1.34. The lowest BCUT2D eigenvalue weighted by Crippen LogP contribution is -2.42. The van der Waals surface area contributed by atoms with E-state index in [4.69, 9.17) is 11.6 Å². The number of hydrogen-bond acceptors (Lipinski definition) is 6. The molecule has 34 heavy (non-hydrogen) atoms. The molecule has 3 amide bonds. The van der Waals surface area contributed by atoms with Crippen molar-refractivity contribution in [1.29, 1.82) is 5.26 Å². The fourth-order valence-corrected chi connectivity index (χ4v) is 3.75. The van der Waals surface area contributed by atoms with Crippen molar-refractivity contribution >= 4 is 35.0 Å². The lowest BCUT2D eigenvalue weighted by atomic mass is 10.1. The monoisotopic (exact) mass is 477 g/mol. The van der Waals surface area contributed by atoms with Crippen molar-refractivity contribution in [2.45, 2.75) is 12.5 Å². The Morgan fingerprint density at radius 3 is 2.56 bits per heavy atom. The smallest absolute Gasteiger partial charge is 0.273 e. The van der Waals surface area contributed by atoms with Crippen LogP contribution >= 0.6 is 11.6 Å². The Labute approximate surface area is 200 Å². The second-order valence-electron chi connectivity index (χ2n) is 7.69. The van der Waals surface area contributed by atoms with E-state index in [-0.39, 0.29) is 31.1 Å². The van der Waals surface area contributed by atoms with Gasteiger partial charge >= 0.3 is 0 Å². The summed E-state index contributed by atoms with van der Waals surface area (Å²) in [4.78, 5) is 39.1. The highest BCUT2D eigenvalue weighted by Crippen LogP contribution is 2.24. The number of benzene rings is 2. The molecule has 10 nitrogen and oxygen atoms in total. The number of nitrogens with one attached hydrogen (secondary N) is 2. The van der Waals surface area contributed by atoms with Gasteiger partial charge in [0.25, 0.3) is 5.91 Å². The number of nitrogens with zero attached hydrogens (tertiary/aromatic N) is 5. The molecule has 0 bridgehead atoms. The Balaban J connectivity index is 1.33. The van der Waals surface area contributed by atoms with E-state index < -0.39 is 23.8 Å². The minimum atomic E-state index is -0.748. The second-order valence-corrected chi connectivity index (χ2v) is 8.12. The summed E-state index contributed by atoms with van der Waals surface area (Å²) in [5, 5.41) is 23.1. The maximum Gasteiger partial charge on any atom is 0.273 e. The maximum absolute atomic E-state index is 12.7. The minimum Gasteiger partial charge on any atom is -0.342 e. The first-order valence-electron chi connectivity index (χ1n) is 10.5. The Morgan fingerprint density at radius 2 is 1.85 bits per heavy atom. The quantitative estimate of drug-likeness (QED) is 0.558. The van der Waals surface area contributed by atoms with Crippen molar-refractivity contribution in [3.05, 3.63) is 71.5 Å². The normalized spacial score (nSPS) is 17.1. The molecule has 0 radical (unpaired) electrons. The third-order valence-electron chi connectivity index (χ3n) is 5.40. The summed E-state index contributed by atoms with van der Waals surface area (Å²) < 4.78 is 1.41. The first-order valence-corrected chi connectivity index (χ1v) is 10.8. The van der Waals surface area contributed by atoms with E-state index in [9.17, 15) is 19.6 Å². The minimum absolute atomic E-state index is 0.0288. The zero-order valence-electron chi connectivity index (χ0n) is 17.9. The van der Waals surface area contributed by atoms with Crippen LogP contribution in [0.15, 0.2) is 60.8 Å². The molecule has 4 rings (SSSR count). The maximum atomic E-state index is 12.7. The van der Waals surface area contributed by atoms with Crippen LogP contribution in [0, 0.1) is 17.2 Å². The number of nitriles is 1. The standard InChI is InChI=1S/C23H20ClN7O3/c24-16-6-8-18(9-7-16)31-14-20(28-29-31)23(34)26-12-21(32)30-13-15(10-19(30)11-25)22(33)27-17-4-2-1-3-5-17/h1-9,14-15,19H,10,12-13H2,(H,26,34)(H,27,33).